The summed E-state index contributed by atoms with van der Waals surface area (Å²) in [6, 6.07) is 10.5. The van der Waals surface area contributed by atoms with Gasteiger partial charge in [0, 0.05) is 21.9 Å². The first kappa shape index (κ1) is 25.8. The molecule has 1 amide bonds. The number of hydrogen-bond acceptors (Lipinski definition) is 7. The Balaban J connectivity index is 1.69. The van der Waals surface area contributed by atoms with Crippen LogP contribution in [0, 0.1) is 0 Å². The molecule has 11 heteroatoms. The minimum absolute atomic E-state index is 0.0000231. The van der Waals surface area contributed by atoms with Crippen molar-refractivity contribution >= 4 is 54.3 Å². The molecule has 2 aromatic carbocycles. The standard InChI is InChI=1S/C24H27BrN2O6S2/c1-4-32-20-11-17(25)18(12-21(20)33-5-2)27-19-13-35(29,30)14-22(19)34-24(27)26-23(28)10-15-6-8-16(31-3)9-7-15/h6-9,11-12,19,22H,4-5,10,13-14H2,1-3H3/t19-,22-/m1/s1. The molecule has 35 heavy (non-hydrogen) atoms. The summed E-state index contributed by atoms with van der Waals surface area (Å²) in [6.07, 6.45) is 0.129. The van der Waals surface area contributed by atoms with Gasteiger partial charge in [-0.05, 0) is 47.5 Å². The second kappa shape index (κ2) is 10.8. The first-order valence-electron chi connectivity index (χ1n) is 11.2. The van der Waals surface area contributed by atoms with E-state index in [9.17, 15) is 13.2 Å². The van der Waals surface area contributed by atoms with Crippen LogP contribution >= 0.6 is 27.7 Å². The van der Waals surface area contributed by atoms with Gasteiger partial charge in [-0.2, -0.15) is 4.99 Å². The van der Waals surface area contributed by atoms with Crippen LogP contribution in [0.1, 0.15) is 19.4 Å². The molecule has 0 bridgehead atoms. The maximum Gasteiger partial charge on any atom is 0.252 e. The maximum absolute atomic E-state index is 12.9. The van der Waals surface area contributed by atoms with Crippen LogP contribution in [-0.4, -0.2) is 62.6 Å². The van der Waals surface area contributed by atoms with Crippen molar-refractivity contribution in [2.75, 3.05) is 36.7 Å². The molecule has 0 N–H and O–H groups in total. The zero-order valence-electron chi connectivity index (χ0n) is 19.7. The van der Waals surface area contributed by atoms with E-state index in [-0.39, 0.29) is 35.1 Å². The number of nitrogens with zero attached hydrogens (tertiary/aromatic N) is 2. The van der Waals surface area contributed by atoms with E-state index in [4.69, 9.17) is 14.2 Å². The molecule has 0 radical (unpaired) electrons. The number of carbonyl (C=O) groups is 1. The number of thioether (sulfide) groups is 1. The SMILES string of the molecule is CCOc1cc(Br)c(N2C(=NC(=O)Cc3ccc(OC)cc3)S[C@@H]3CS(=O)(=O)C[C@H]32)cc1OCC. The lowest BCUT2D eigenvalue weighted by molar-refractivity contribution is -0.117. The molecular formula is C24H27BrN2O6S2. The molecule has 0 unspecified atom stereocenters. The molecule has 8 nitrogen and oxygen atoms in total. The summed E-state index contributed by atoms with van der Waals surface area (Å²) in [5.41, 5.74) is 1.50. The third-order valence-corrected chi connectivity index (χ3v) is 9.52. The van der Waals surface area contributed by atoms with Crippen molar-refractivity contribution < 1.29 is 27.4 Å². The van der Waals surface area contributed by atoms with E-state index >= 15 is 0 Å². The fourth-order valence-electron chi connectivity index (χ4n) is 4.16. The van der Waals surface area contributed by atoms with Gasteiger partial charge in [0.2, 0.25) is 0 Å². The molecule has 2 fully saturated rings. The highest BCUT2D eigenvalue weighted by Gasteiger charge is 2.50. The number of fused-ring (bicyclic) bond motifs is 1. The molecule has 2 atom stereocenters. The summed E-state index contributed by atoms with van der Waals surface area (Å²) in [4.78, 5) is 19.2. The van der Waals surface area contributed by atoms with Gasteiger partial charge in [-0.25, -0.2) is 8.42 Å². The largest absolute Gasteiger partial charge is 0.497 e. The highest BCUT2D eigenvalue weighted by molar-refractivity contribution is 9.10. The third-order valence-electron chi connectivity index (χ3n) is 5.67. The number of carbonyl (C=O) groups excluding carboxylic acids is 1. The van der Waals surface area contributed by atoms with Gasteiger partial charge in [0.15, 0.2) is 26.5 Å². The zero-order valence-corrected chi connectivity index (χ0v) is 22.9. The molecule has 4 rings (SSSR count). The van der Waals surface area contributed by atoms with Crippen LogP contribution in [0.5, 0.6) is 17.2 Å². The lowest BCUT2D eigenvalue weighted by Crippen LogP contribution is -2.38. The van der Waals surface area contributed by atoms with Crippen molar-refractivity contribution in [1.82, 2.24) is 0 Å². The van der Waals surface area contributed by atoms with Crippen molar-refractivity contribution in [3.8, 4) is 17.2 Å². The molecule has 0 aliphatic carbocycles. The van der Waals surface area contributed by atoms with E-state index in [1.807, 2.05) is 43.0 Å². The Morgan fingerprint density at radius 2 is 1.77 bits per heavy atom. The first-order chi connectivity index (χ1) is 16.7. The zero-order chi connectivity index (χ0) is 25.2. The van der Waals surface area contributed by atoms with Crippen molar-refractivity contribution in [2.45, 2.75) is 31.6 Å². The van der Waals surface area contributed by atoms with E-state index < -0.39 is 9.84 Å². The Hall–Kier alpha value is -2.24. The van der Waals surface area contributed by atoms with Crippen LogP contribution in [-0.2, 0) is 21.1 Å². The second-order valence-electron chi connectivity index (χ2n) is 8.10. The third kappa shape index (κ3) is 5.78. The average Bonchev–Trinajstić information content (AvgIpc) is 3.27. The van der Waals surface area contributed by atoms with E-state index in [1.165, 1.54) is 11.8 Å². The Morgan fingerprint density at radius 1 is 1.11 bits per heavy atom. The quantitative estimate of drug-likeness (QED) is 0.459. The van der Waals surface area contributed by atoms with Crippen LogP contribution in [0.4, 0.5) is 5.69 Å². The predicted octanol–water partition coefficient (Wildman–Crippen LogP) is 4.10. The number of sulfone groups is 1. The predicted molar refractivity (Wildman–Crippen MR) is 142 cm³/mol. The van der Waals surface area contributed by atoms with Crippen molar-refractivity contribution in [1.29, 1.82) is 0 Å². The number of amidine groups is 1. The van der Waals surface area contributed by atoms with Gasteiger partial charge in [0.1, 0.15) is 5.75 Å². The highest BCUT2D eigenvalue weighted by atomic mass is 79.9. The monoisotopic (exact) mass is 582 g/mol. The molecule has 2 saturated heterocycles. The number of aliphatic imine (C=N–C) groups is 1. The number of methoxy groups -OCH3 is 1. The number of hydrogen-bond donors (Lipinski definition) is 0. The van der Waals surface area contributed by atoms with E-state index in [0.29, 0.717) is 45.8 Å². The normalized spacial score (nSPS) is 21.7. The number of rotatable bonds is 8. The molecular weight excluding hydrogens is 556 g/mol. The summed E-state index contributed by atoms with van der Waals surface area (Å²) in [5, 5.41) is 0.280. The fourth-order valence-corrected chi connectivity index (χ4v) is 8.59. The van der Waals surface area contributed by atoms with Crippen LogP contribution in [0.15, 0.2) is 45.9 Å². The highest BCUT2D eigenvalue weighted by Crippen LogP contribution is 2.46. The van der Waals surface area contributed by atoms with Gasteiger partial charge in [0.25, 0.3) is 5.91 Å². The van der Waals surface area contributed by atoms with Gasteiger partial charge in [-0.15, -0.1) is 0 Å². The average molecular weight is 584 g/mol. The van der Waals surface area contributed by atoms with E-state index in [1.54, 1.807) is 19.2 Å². The number of halogens is 1. The van der Waals surface area contributed by atoms with Crippen LogP contribution in [0.2, 0.25) is 0 Å². The Labute approximate surface area is 218 Å². The van der Waals surface area contributed by atoms with Gasteiger partial charge >= 0.3 is 0 Å². The molecule has 2 heterocycles. The van der Waals surface area contributed by atoms with Crippen LogP contribution in [0.25, 0.3) is 0 Å². The molecule has 0 spiro atoms. The lowest BCUT2D eigenvalue weighted by Gasteiger charge is -2.27. The minimum atomic E-state index is -3.19. The Kier molecular flexibility index (Phi) is 7.97. The number of ether oxygens (including phenoxy) is 3. The Morgan fingerprint density at radius 3 is 2.40 bits per heavy atom. The summed E-state index contributed by atoms with van der Waals surface area (Å²) in [7, 11) is -1.60. The van der Waals surface area contributed by atoms with Gasteiger partial charge in [-0.1, -0.05) is 23.9 Å². The summed E-state index contributed by atoms with van der Waals surface area (Å²) < 4.78 is 42.2. The molecule has 188 valence electrons. The molecule has 2 aliphatic heterocycles. The maximum atomic E-state index is 12.9. The van der Waals surface area contributed by atoms with E-state index in [2.05, 4.69) is 20.9 Å². The van der Waals surface area contributed by atoms with Crippen molar-refractivity contribution in [3.05, 3.63) is 46.4 Å². The second-order valence-corrected chi connectivity index (χ2v) is 12.3. The van der Waals surface area contributed by atoms with Crippen molar-refractivity contribution in [2.24, 2.45) is 4.99 Å². The van der Waals surface area contributed by atoms with E-state index in [0.717, 1.165) is 5.56 Å². The summed E-state index contributed by atoms with van der Waals surface area (Å²) >= 11 is 4.95. The van der Waals surface area contributed by atoms with Crippen LogP contribution < -0.4 is 19.1 Å². The number of benzene rings is 2. The molecule has 0 aromatic heterocycles. The van der Waals surface area contributed by atoms with Crippen LogP contribution in [0.3, 0.4) is 0 Å². The molecule has 2 aromatic rings. The first-order valence-corrected chi connectivity index (χ1v) is 14.7. The smallest absolute Gasteiger partial charge is 0.252 e. The summed E-state index contributed by atoms with van der Waals surface area (Å²) in [6.45, 7) is 4.69. The molecule has 0 saturated carbocycles. The van der Waals surface area contributed by atoms with Crippen molar-refractivity contribution in [3.63, 3.8) is 0 Å². The topological polar surface area (TPSA) is 94.5 Å². The number of anilines is 1. The Bertz CT molecular complexity index is 1230. The summed E-state index contributed by atoms with van der Waals surface area (Å²) in [5.74, 6) is 1.59. The fraction of sp³-hybridized carbons (Fsp3) is 0.417. The van der Waals surface area contributed by atoms with Gasteiger partial charge in [-0.3, -0.25) is 4.79 Å². The number of amides is 1. The van der Waals surface area contributed by atoms with Gasteiger partial charge < -0.3 is 19.1 Å². The molecule has 2 aliphatic rings. The van der Waals surface area contributed by atoms with Gasteiger partial charge in [0.05, 0.1) is 50.0 Å². The lowest BCUT2D eigenvalue weighted by atomic mass is 10.1. The minimum Gasteiger partial charge on any atom is -0.497 e.